The first-order valence-electron chi connectivity index (χ1n) is 8.82. The number of rotatable bonds is 3. The molecule has 0 spiro atoms. The van der Waals surface area contributed by atoms with Crippen molar-refractivity contribution in [2.24, 2.45) is 0 Å². The van der Waals surface area contributed by atoms with Gasteiger partial charge in [0.25, 0.3) is 0 Å². The molecule has 4 nitrogen and oxygen atoms in total. The SMILES string of the molecule is C=c1ccc2c(c1)Oc1cc(N(C)C)ccc1C=2c1c(Cl)ccc(Cl)c1C(=O)O. The molecule has 1 N–H and O–H groups in total. The highest BCUT2D eigenvalue weighted by molar-refractivity contribution is 6.37. The predicted molar refractivity (Wildman–Crippen MR) is 117 cm³/mol. The summed E-state index contributed by atoms with van der Waals surface area (Å²) in [5.74, 6) is 0.0493. The molecule has 0 unspecified atom stereocenters. The molecule has 1 aliphatic rings. The maximum absolute atomic E-state index is 12.1. The lowest BCUT2D eigenvalue weighted by Crippen LogP contribution is -2.21. The standard InChI is InChI=1S/C23H17Cl2NO3/c1-12-4-6-14-18(10-12)29-19-11-13(26(2)3)5-7-15(19)20(14)21-16(24)8-9-17(25)22(21)23(27)28/h4-11H,1H2,2-3H3,(H,27,28). The monoisotopic (exact) mass is 425 g/mol. The normalized spacial score (nSPS) is 12.1. The van der Waals surface area contributed by atoms with Crippen molar-refractivity contribution in [3.05, 3.63) is 85.7 Å². The van der Waals surface area contributed by atoms with E-state index in [1.165, 1.54) is 6.07 Å². The third-order valence-corrected chi connectivity index (χ3v) is 5.48. The van der Waals surface area contributed by atoms with Crippen LogP contribution in [0.15, 0.2) is 48.5 Å². The zero-order valence-corrected chi connectivity index (χ0v) is 17.3. The van der Waals surface area contributed by atoms with Crippen molar-refractivity contribution in [1.82, 2.24) is 0 Å². The summed E-state index contributed by atoms with van der Waals surface area (Å²) in [4.78, 5) is 14.0. The van der Waals surface area contributed by atoms with E-state index in [9.17, 15) is 9.90 Å². The van der Waals surface area contributed by atoms with E-state index in [1.807, 2.05) is 55.4 Å². The Morgan fingerprint density at radius 2 is 1.72 bits per heavy atom. The molecular formula is C23H17Cl2NO3. The number of fused-ring (bicyclic) bond motifs is 2. The first-order chi connectivity index (χ1) is 13.8. The minimum absolute atomic E-state index is 0.0386. The van der Waals surface area contributed by atoms with Gasteiger partial charge in [-0.25, -0.2) is 4.79 Å². The molecule has 4 rings (SSSR count). The third kappa shape index (κ3) is 3.24. The molecule has 0 radical (unpaired) electrons. The minimum atomic E-state index is -1.15. The zero-order chi connectivity index (χ0) is 20.9. The van der Waals surface area contributed by atoms with Crippen LogP contribution in [0.5, 0.6) is 11.5 Å². The van der Waals surface area contributed by atoms with Crippen LogP contribution in [0.4, 0.5) is 5.69 Å². The van der Waals surface area contributed by atoms with Gasteiger partial charge in [-0.3, -0.25) is 0 Å². The van der Waals surface area contributed by atoms with E-state index < -0.39 is 5.97 Å². The van der Waals surface area contributed by atoms with Gasteiger partial charge in [-0.1, -0.05) is 41.9 Å². The van der Waals surface area contributed by atoms with Crippen LogP contribution in [0, 0.1) is 0 Å². The summed E-state index contributed by atoms with van der Waals surface area (Å²) < 4.78 is 6.16. The van der Waals surface area contributed by atoms with Crippen molar-refractivity contribution in [3.63, 3.8) is 0 Å². The molecule has 0 amide bonds. The molecule has 0 aliphatic carbocycles. The van der Waals surface area contributed by atoms with Gasteiger partial charge in [0.2, 0.25) is 0 Å². The summed E-state index contributed by atoms with van der Waals surface area (Å²) in [6.07, 6.45) is 0. The maximum Gasteiger partial charge on any atom is 0.337 e. The van der Waals surface area contributed by atoms with Gasteiger partial charge < -0.3 is 14.7 Å². The fraction of sp³-hybridized carbons (Fsp3) is 0.0870. The Labute approximate surface area is 177 Å². The second kappa shape index (κ2) is 7.14. The third-order valence-electron chi connectivity index (χ3n) is 4.85. The molecule has 0 atom stereocenters. The molecule has 0 aromatic heterocycles. The van der Waals surface area contributed by atoms with E-state index in [2.05, 4.69) is 6.58 Å². The lowest BCUT2D eigenvalue weighted by atomic mass is 9.89. The summed E-state index contributed by atoms with van der Waals surface area (Å²) in [5.41, 5.74) is 2.69. The number of carboxylic acids is 1. The molecule has 1 heterocycles. The molecule has 0 fully saturated rings. The van der Waals surface area contributed by atoms with Gasteiger partial charge in [0, 0.05) is 52.8 Å². The molecule has 3 aromatic carbocycles. The molecule has 0 bridgehead atoms. The Hall–Kier alpha value is -2.95. The van der Waals surface area contributed by atoms with E-state index >= 15 is 0 Å². The van der Waals surface area contributed by atoms with Crippen molar-refractivity contribution in [1.29, 1.82) is 0 Å². The minimum Gasteiger partial charge on any atom is -0.478 e. The molecule has 0 saturated carbocycles. The Kier molecular flexibility index (Phi) is 4.77. The van der Waals surface area contributed by atoms with Gasteiger partial charge in [-0.15, -0.1) is 0 Å². The van der Waals surface area contributed by atoms with E-state index in [0.717, 1.165) is 21.7 Å². The summed E-state index contributed by atoms with van der Waals surface area (Å²) in [6.45, 7) is 3.97. The number of carboxylic acid groups (broad SMARTS) is 1. The van der Waals surface area contributed by atoms with Crippen molar-refractivity contribution in [2.45, 2.75) is 0 Å². The number of hydrogen-bond donors (Lipinski definition) is 1. The summed E-state index contributed by atoms with van der Waals surface area (Å²) >= 11 is 12.8. The zero-order valence-electron chi connectivity index (χ0n) is 15.8. The second-order valence-corrected chi connectivity index (χ2v) is 7.78. The van der Waals surface area contributed by atoms with Crippen LogP contribution in [-0.4, -0.2) is 25.2 Å². The molecule has 29 heavy (non-hydrogen) atoms. The second-order valence-electron chi connectivity index (χ2n) is 6.97. The van der Waals surface area contributed by atoms with E-state index in [-0.39, 0.29) is 10.6 Å². The predicted octanol–water partition coefficient (Wildman–Crippen LogP) is 4.52. The highest BCUT2D eigenvalue weighted by atomic mass is 35.5. The van der Waals surface area contributed by atoms with Crippen LogP contribution in [0.25, 0.3) is 12.2 Å². The lowest BCUT2D eigenvalue weighted by molar-refractivity contribution is 0.0696. The average Bonchev–Trinajstić information content (AvgIpc) is 2.67. The number of benzene rings is 3. The Morgan fingerprint density at radius 1 is 1.00 bits per heavy atom. The van der Waals surface area contributed by atoms with Gasteiger partial charge in [-0.2, -0.15) is 0 Å². The molecule has 0 saturated heterocycles. The van der Waals surface area contributed by atoms with Crippen molar-refractivity contribution >= 4 is 47.0 Å². The first-order valence-corrected chi connectivity index (χ1v) is 9.58. The molecule has 3 aromatic rings. The van der Waals surface area contributed by atoms with Crippen molar-refractivity contribution < 1.29 is 14.6 Å². The smallest absolute Gasteiger partial charge is 0.337 e. The summed E-state index contributed by atoms with van der Waals surface area (Å²) in [6, 6.07) is 14.4. The number of halogens is 2. The highest BCUT2D eigenvalue weighted by Gasteiger charge is 2.27. The number of hydrogen-bond acceptors (Lipinski definition) is 3. The largest absolute Gasteiger partial charge is 0.478 e. The fourth-order valence-corrected chi connectivity index (χ4v) is 3.97. The molecule has 146 valence electrons. The van der Waals surface area contributed by atoms with E-state index in [0.29, 0.717) is 27.7 Å². The number of anilines is 1. The molecule has 1 aliphatic heterocycles. The van der Waals surface area contributed by atoms with Crippen LogP contribution in [0.3, 0.4) is 0 Å². The highest BCUT2D eigenvalue weighted by Crippen LogP contribution is 2.42. The average molecular weight is 426 g/mol. The van der Waals surface area contributed by atoms with Crippen LogP contribution in [0.2, 0.25) is 10.0 Å². The quantitative estimate of drug-likeness (QED) is 0.524. The molecular weight excluding hydrogens is 409 g/mol. The van der Waals surface area contributed by atoms with Gasteiger partial charge in [-0.05, 0) is 35.6 Å². The summed E-state index contributed by atoms with van der Waals surface area (Å²) in [5, 5.41) is 11.8. The van der Waals surface area contributed by atoms with Crippen LogP contribution in [0.1, 0.15) is 21.5 Å². The lowest BCUT2D eigenvalue weighted by Gasteiger charge is -2.24. The number of carbonyl (C=O) groups is 1. The van der Waals surface area contributed by atoms with Gasteiger partial charge in [0.1, 0.15) is 11.5 Å². The van der Waals surface area contributed by atoms with Gasteiger partial charge >= 0.3 is 5.97 Å². The van der Waals surface area contributed by atoms with Crippen LogP contribution < -0.4 is 20.1 Å². The Bertz CT molecular complexity index is 1280. The van der Waals surface area contributed by atoms with Gasteiger partial charge in [0.15, 0.2) is 0 Å². The summed E-state index contributed by atoms with van der Waals surface area (Å²) in [7, 11) is 3.88. The number of aromatic carboxylic acids is 1. The van der Waals surface area contributed by atoms with Crippen molar-refractivity contribution in [2.75, 3.05) is 19.0 Å². The number of nitrogens with zero attached hydrogens (tertiary/aromatic N) is 1. The van der Waals surface area contributed by atoms with E-state index in [4.69, 9.17) is 27.9 Å². The topological polar surface area (TPSA) is 49.8 Å². The fourth-order valence-electron chi connectivity index (χ4n) is 3.48. The molecule has 6 heteroatoms. The van der Waals surface area contributed by atoms with Crippen molar-refractivity contribution in [3.8, 4) is 11.5 Å². The van der Waals surface area contributed by atoms with Crippen LogP contribution >= 0.6 is 23.2 Å². The number of ether oxygens (including phenoxy) is 1. The first kappa shape index (κ1) is 19.4. The maximum atomic E-state index is 12.1. The van der Waals surface area contributed by atoms with Crippen LogP contribution in [-0.2, 0) is 0 Å². The van der Waals surface area contributed by atoms with Gasteiger partial charge in [0.05, 0.1) is 10.6 Å². The van der Waals surface area contributed by atoms with E-state index in [1.54, 1.807) is 6.07 Å². The Balaban J connectivity index is 2.17. The Morgan fingerprint density at radius 3 is 2.41 bits per heavy atom.